The van der Waals surface area contributed by atoms with Gasteiger partial charge in [-0.3, -0.25) is 0 Å². The molecule has 5 nitrogen and oxygen atoms in total. The SMILES string of the molecule is CCNC(C)Cc1nc(-c2coc3ccccc23)no1. The van der Waals surface area contributed by atoms with Crippen molar-refractivity contribution in [2.45, 2.75) is 26.3 Å². The maximum absolute atomic E-state index is 5.50. The molecule has 1 N–H and O–H groups in total. The van der Waals surface area contributed by atoms with E-state index in [-0.39, 0.29) is 0 Å². The minimum absolute atomic E-state index is 0.314. The van der Waals surface area contributed by atoms with Crippen LogP contribution in [0.5, 0.6) is 0 Å². The number of para-hydroxylation sites is 1. The molecule has 3 rings (SSSR count). The van der Waals surface area contributed by atoms with Gasteiger partial charge >= 0.3 is 0 Å². The summed E-state index contributed by atoms with van der Waals surface area (Å²) in [5, 5.41) is 8.37. The first-order valence-corrected chi connectivity index (χ1v) is 6.80. The van der Waals surface area contributed by atoms with Gasteiger partial charge in [0.05, 0.1) is 5.56 Å². The van der Waals surface area contributed by atoms with Crippen molar-refractivity contribution in [3.05, 3.63) is 36.4 Å². The number of benzene rings is 1. The third-order valence-corrected chi connectivity index (χ3v) is 3.22. The third-order valence-electron chi connectivity index (χ3n) is 3.22. The van der Waals surface area contributed by atoms with Crippen molar-refractivity contribution >= 4 is 11.0 Å². The molecule has 20 heavy (non-hydrogen) atoms. The molecule has 0 aliphatic carbocycles. The summed E-state index contributed by atoms with van der Waals surface area (Å²) in [6.45, 7) is 5.10. The minimum atomic E-state index is 0.314. The molecule has 1 unspecified atom stereocenters. The molecular weight excluding hydrogens is 254 g/mol. The van der Waals surface area contributed by atoms with E-state index >= 15 is 0 Å². The average molecular weight is 271 g/mol. The van der Waals surface area contributed by atoms with Crippen LogP contribution in [-0.4, -0.2) is 22.7 Å². The maximum atomic E-state index is 5.50. The lowest BCUT2D eigenvalue weighted by Gasteiger charge is -2.07. The quantitative estimate of drug-likeness (QED) is 0.772. The largest absolute Gasteiger partial charge is 0.464 e. The number of fused-ring (bicyclic) bond motifs is 1. The Labute approximate surface area is 117 Å². The Balaban J connectivity index is 1.86. The molecule has 104 valence electrons. The number of nitrogens with zero attached hydrogens (tertiary/aromatic N) is 2. The van der Waals surface area contributed by atoms with Gasteiger partial charge in [-0.25, -0.2) is 0 Å². The highest BCUT2D eigenvalue weighted by Gasteiger charge is 2.15. The summed E-state index contributed by atoms with van der Waals surface area (Å²) in [4.78, 5) is 4.45. The molecule has 2 heterocycles. The van der Waals surface area contributed by atoms with Crippen LogP contribution >= 0.6 is 0 Å². The average Bonchev–Trinajstić information content (AvgIpc) is 3.05. The molecule has 0 fully saturated rings. The fourth-order valence-corrected chi connectivity index (χ4v) is 2.28. The van der Waals surface area contributed by atoms with E-state index in [1.807, 2.05) is 24.3 Å². The second-order valence-electron chi connectivity index (χ2n) is 4.82. The lowest BCUT2D eigenvalue weighted by molar-refractivity contribution is 0.363. The second kappa shape index (κ2) is 5.46. The number of furan rings is 1. The van der Waals surface area contributed by atoms with Crippen LogP contribution in [0, 0.1) is 0 Å². The highest BCUT2D eigenvalue weighted by Crippen LogP contribution is 2.28. The smallest absolute Gasteiger partial charge is 0.228 e. The Morgan fingerprint density at radius 1 is 1.30 bits per heavy atom. The highest BCUT2D eigenvalue weighted by molar-refractivity contribution is 5.91. The number of nitrogens with one attached hydrogen (secondary N) is 1. The number of aromatic nitrogens is 2. The summed E-state index contributed by atoms with van der Waals surface area (Å²) in [5.41, 5.74) is 1.70. The van der Waals surface area contributed by atoms with Crippen molar-refractivity contribution in [3.63, 3.8) is 0 Å². The summed E-state index contributed by atoms with van der Waals surface area (Å²) < 4.78 is 10.8. The molecule has 2 aromatic heterocycles. The third kappa shape index (κ3) is 2.44. The molecular formula is C15H17N3O2. The van der Waals surface area contributed by atoms with Gasteiger partial charge in [-0.2, -0.15) is 4.98 Å². The standard InChI is InChI=1S/C15H17N3O2/c1-3-16-10(2)8-14-17-15(18-20-14)12-9-19-13-7-5-4-6-11(12)13/h4-7,9-10,16H,3,8H2,1-2H3. The first-order valence-electron chi connectivity index (χ1n) is 6.80. The Hall–Kier alpha value is -2.14. The Kier molecular flexibility index (Phi) is 3.52. The van der Waals surface area contributed by atoms with Gasteiger partial charge in [0.15, 0.2) is 0 Å². The molecule has 0 radical (unpaired) electrons. The fraction of sp³-hybridized carbons (Fsp3) is 0.333. The van der Waals surface area contributed by atoms with Gasteiger partial charge < -0.3 is 14.3 Å². The molecule has 0 bridgehead atoms. The second-order valence-corrected chi connectivity index (χ2v) is 4.82. The van der Waals surface area contributed by atoms with Crippen molar-refractivity contribution < 1.29 is 8.94 Å². The van der Waals surface area contributed by atoms with Crippen LogP contribution in [0.2, 0.25) is 0 Å². The van der Waals surface area contributed by atoms with Crippen LogP contribution < -0.4 is 5.32 Å². The number of rotatable bonds is 5. The van der Waals surface area contributed by atoms with E-state index in [4.69, 9.17) is 8.94 Å². The van der Waals surface area contributed by atoms with E-state index in [0.29, 0.717) is 17.8 Å². The monoisotopic (exact) mass is 271 g/mol. The number of hydrogen-bond acceptors (Lipinski definition) is 5. The van der Waals surface area contributed by atoms with E-state index < -0.39 is 0 Å². The zero-order valence-corrected chi connectivity index (χ0v) is 11.6. The van der Waals surface area contributed by atoms with E-state index in [0.717, 1.165) is 29.5 Å². The summed E-state index contributed by atoms with van der Waals surface area (Å²) in [6.07, 6.45) is 2.39. The molecule has 1 atom stereocenters. The van der Waals surface area contributed by atoms with Gasteiger partial charge in [0.25, 0.3) is 0 Å². The van der Waals surface area contributed by atoms with Gasteiger partial charge in [-0.05, 0) is 19.5 Å². The number of hydrogen-bond donors (Lipinski definition) is 1. The van der Waals surface area contributed by atoms with Crippen LogP contribution in [0.25, 0.3) is 22.4 Å². The molecule has 3 aromatic rings. The zero-order valence-electron chi connectivity index (χ0n) is 11.6. The van der Waals surface area contributed by atoms with Crippen LogP contribution in [0.4, 0.5) is 0 Å². The predicted molar refractivity (Wildman–Crippen MR) is 76.3 cm³/mol. The lowest BCUT2D eigenvalue weighted by Crippen LogP contribution is -2.27. The first kappa shape index (κ1) is 12.9. The molecule has 5 heteroatoms. The first-order chi connectivity index (χ1) is 9.78. The summed E-state index contributed by atoms with van der Waals surface area (Å²) in [6, 6.07) is 8.14. The molecule has 0 aliphatic rings. The van der Waals surface area contributed by atoms with Crippen LogP contribution in [0.15, 0.2) is 39.5 Å². The van der Waals surface area contributed by atoms with E-state index in [1.54, 1.807) is 6.26 Å². The molecule has 1 aromatic carbocycles. The van der Waals surface area contributed by atoms with Crippen LogP contribution in [0.3, 0.4) is 0 Å². The number of likely N-dealkylation sites (N-methyl/N-ethyl adjacent to an activating group) is 1. The maximum Gasteiger partial charge on any atom is 0.228 e. The topological polar surface area (TPSA) is 64.1 Å². The van der Waals surface area contributed by atoms with E-state index in [9.17, 15) is 0 Å². The van der Waals surface area contributed by atoms with Crippen molar-refractivity contribution in [1.82, 2.24) is 15.5 Å². The van der Waals surface area contributed by atoms with Gasteiger partial charge in [-0.1, -0.05) is 30.3 Å². The van der Waals surface area contributed by atoms with Gasteiger partial charge in [0.2, 0.25) is 11.7 Å². The minimum Gasteiger partial charge on any atom is -0.464 e. The van der Waals surface area contributed by atoms with Crippen molar-refractivity contribution in [2.75, 3.05) is 6.54 Å². The van der Waals surface area contributed by atoms with Crippen LogP contribution in [0.1, 0.15) is 19.7 Å². The molecule has 0 spiro atoms. The van der Waals surface area contributed by atoms with E-state index in [2.05, 4.69) is 29.3 Å². The summed E-state index contributed by atoms with van der Waals surface area (Å²) >= 11 is 0. The zero-order chi connectivity index (χ0) is 13.9. The summed E-state index contributed by atoms with van der Waals surface area (Å²) in [5.74, 6) is 1.22. The molecule has 0 saturated carbocycles. The molecule has 0 aliphatic heterocycles. The summed E-state index contributed by atoms with van der Waals surface area (Å²) in [7, 11) is 0. The Morgan fingerprint density at radius 2 is 2.15 bits per heavy atom. The van der Waals surface area contributed by atoms with E-state index in [1.165, 1.54) is 0 Å². The lowest BCUT2D eigenvalue weighted by atomic mass is 10.2. The highest BCUT2D eigenvalue weighted by atomic mass is 16.5. The molecule has 0 saturated heterocycles. The van der Waals surface area contributed by atoms with Gasteiger partial charge in [0, 0.05) is 17.8 Å². The predicted octanol–water partition coefficient (Wildman–Crippen LogP) is 3.02. The molecule has 0 amide bonds. The van der Waals surface area contributed by atoms with Crippen LogP contribution in [-0.2, 0) is 6.42 Å². The normalized spacial score (nSPS) is 12.9. The van der Waals surface area contributed by atoms with Crippen molar-refractivity contribution in [2.24, 2.45) is 0 Å². The van der Waals surface area contributed by atoms with Gasteiger partial charge in [-0.15, -0.1) is 0 Å². The Morgan fingerprint density at radius 3 is 3.00 bits per heavy atom. The van der Waals surface area contributed by atoms with Gasteiger partial charge in [0.1, 0.15) is 11.8 Å². The Bertz CT molecular complexity index is 702. The van der Waals surface area contributed by atoms with Crippen molar-refractivity contribution in [3.8, 4) is 11.4 Å². The fourth-order valence-electron chi connectivity index (χ4n) is 2.28. The van der Waals surface area contributed by atoms with Crippen molar-refractivity contribution in [1.29, 1.82) is 0 Å².